The van der Waals surface area contributed by atoms with Crippen LogP contribution in [0.15, 0.2) is 35.7 Å². The second-order valence-electron chi connectivity index (χ2n) is 5.22. The lowest BCUT2D eigenvalue weighted by atomic mass is 10.00. The van der Waals surface area contributed by atoms with Crippen molar-refractivity contribution in [2.75, 3.05) is 0 Å². The number of nitrogens with one attached hydrogen (secondary N) is 1. The first-order valence-corrected chi connectivity index (χ1v) is 6.05. The van der Waals surface area contributed by atoms with E-state index in [-0.39, 0.29) is 17.7 Å². The van der Waals surface area contributed by atoms with Gasteiger partial charge in [0.25, 0.3) is 0 Å². The van der Waals surface area contributed by atoms with Crippen molar-refractivity contribution in [1.82, 2.24) is 10.2 Å². The molecule has 4 heteroatoms. The number of amides is 1. The second-order valence-corrected chi connectivity index (χ2v) is 5.22. The van der Waals surface area contributed by atoms with Gasteiger partial charge in [-0.1, -0.05) is 17.7 Å². The molecule has 0 fully saturated rings. The second kappa shape index (κ2) is 4.12. The Hall–Kier alpha value is -1.84. The average Bonchev–Trinajstić information content (AvgIpc) is 2.65. The minimum absolute atomic E-state index is 0.00981. The maximum Gasteiger partial charge on any atom is 0.249 e. The van der Waals surface area contributed by atoms with Gasteiger partial charge in [-0.05, 0) is 27.7 Å². The summed E-state index contributed by atoms with van der Waals surface area (Å²) >= 11 is 0. The molecule has 2 rings (SSSR count). The summed E-state index contributed by atoms with van der Waals surface area (Å²) in [5.74, 6) is 0.399. The molecule has 2 heterocycles. The molecule has 2 atom stereocenters. The van der Waals surface area contributed by atoms with Crippen LogP contribution >= 0.6 is 0 Å². The predicted molar refractivity (Wildman–Crippen MR) is 69.5 cm³/mol. The zero-order valence-corrected chi connectivity index (χ0v) is 11.2. The Bertz CT molecular complexity index is 498. The first-order chi connectivity index (χ1) is 8.34. The number of hydrogen-bond acceptors (Lipinski definition) is 3. The van der Waals surface area contributed by atoms with Crippen LogP contribution in [0.1, 0.15) is 27.7 Å². The first-order valence-electron chi connectivity index (χ1n) is 6.05. The molecular formula is C14H18N2O2. The highest BCUT2D eigenvalue weighted by atomic mass is 16.2. The largest absolute Gasteiger partial charge is 0.335 e. The summed E-state index contributed by atoms with van der Waals surface area (Å²) in [6.45, 7) is 7.59. The molecule has 4 nitrogen and oxygen atoms in total. The first kappa shape index (κ1) is 12.6. The SMILES string of the molecule is CC(C)=CC(=O)NC1=CC(=O)[C@]2(C)C=C[C@H](C)N12. The van der Waals surface area contributed by atoms with E-state index in [2.05, 4.69) is 5.32 Å². The zero-order chi connectivity index (χ0) is 13.5. The molecule has 0 aromatic carbocycles. The van der Waals surface area contributed by atoms with E-state index >= 15 is 0 Å². The molecule has 1 N–H and O–H groups in total. The third-order valence-corrected chi connectivity index (χ3v) is 3.30. The highest BCUT2D eigenvalue weighted by Crippen LogP contribution is 2.36. The van der Waals surface area contributed by atoms with E-state index in [1.807, 2.05) is 44.7 Å². The molecule has 0 radical (unpaired) electrons. The van der Waals surface area contributed by atoms with E-state index in [1.54, 1.807) is 0 Å². The summed E-state index contributed by atoms with van der Waals surface area (Å²) in [6.07, 6.45) is 6.92. The summed E-state index contributed by atoms with van der Waals surface area (Å²) < 4.78 is 0. The molecule has 18 heavy (non-hydrogen) atoms. The minimum atomic E-state index is -0.632. The van der Waals surface area contributed by atoms with Crippen LogP contribution in [0.3, 0.4) is 0 Å². The fourth-order valence-corrected chi connectivity index (χ4v) is 2.45. The van der Waals surface area contributed by atoms with Crippen molar-refractivity contribution in [3.63, 3.8) is 0 Å². The van der Waals surface area contributed by atoms with Crippen molar-refractivity contribution in [3.8, 4) is 0 Å². The third kappa shape index (κ3) is 1.88. The van der Waals surface area contributed by atoms with Gasteiger partial charge < -0.3 is 10.2 Å². The van der Waals surface area contributed by atoms with Gasteiger partial charge in [-0.3, -0.25) is 9.59 Å². The smallest absolute Gasteiger partial charge is 0.249 e. The fraction of sp³-hybridized carbons (Fsp3) is 0.429. The van der Waals surface area contributed by atoms with Gasteiger partial charge in [-0.15, -0.1) is 0 Å². The molecule has 0 saturated carbocycles. The number of ketones is 1. The lowest BCUT2D eigenvalue weighted by Gasteiger charge is -2.33. The van der Waals surface area contributed by atoms with E-state index < -0.39 is 5.54 Å². The van der Waals surface area contributed by atoms with Crippen LogP contribution in [0.5, 0.6) is 0 Å². The van der Waals surface area contributed by atoms with Gasteiger partial charge in [0.15, 0.2) is 5.78 Å². The maximum atomic E-state index is 12.0. The van der Waals surface area contributed by atoms with E-state index in [1.165, 1.54) is 12.2 Å². The van der Waals surface area contributed by atoms with Crippen molar-refractivity contribution in [1.29, 1.82) is 0 Å². The molecular weight excluding hydrogens is 228 g/mol. The predicted octanol–water partition coefficient (Wildman–Crippen LogP) is 1.51. The van der Waals surface area contributed by atoms with Crippen LogP contribution < -0.4 is 5.32 Å². The Morgan fingerprint density at radius 2 is 2.17 bits per heavy atom. The van der Waals surface area contributed by atoms with Crippen molar-refractivity contribution in [2.45, 2.75) is 39.3 Å². The van der Waals surface area contributed by atoms with Crippen molar-refractivity contribution in [3.05, 3.63) is 35.7 Å². The Kier molecular flexibility index (Phi) is 2.89. The van der Waals surface area contributed by atoms with E-state index in [0.717, 1.165) is 5.57 Å². The number of allylic oxidation sites excluding steroid dienone is 1. The van der Waals surface area contributed by atoms with Crippen LogP contribution in [0, 0.1) is 0 Å². The van der Waals surface area contributed by atoms with Crippen molar-refractivity contribution in [2.24, 2.45) is 0 Å². The van der Waals surface area contributed by atoms with E-state index in [9.17, 15) is 9.59 Å². The Morgan fingerprint density at radius 1 is 1.50 bits per heavy atom. The third-order valence-electron chi connectivity index (χ3n) is 3.30. The van der Waals surface area contributed by atoms with Gasteiger partial charge in [-0.25, -0.2) is 0 Å². The number of carbonyl (C=O) groups excluding carboxylic acids is 2. The van der Waals surface area contributed by atoms with Gasteiger partial charge in [-0.2, -0.15) is 0 Å². The molecule has 96 valence electrons. The Morgan fingerprint density at radius 3 is 2.78 bits per heavy atom. The molecule has 0 spiro atoms. The Labute approximate surface area is 107 Å². The van der Waals surface area contributed by atoms with E-state index in [4.69, 9.17) is 0 Å². The number of fused-ring (bicyclic) bond motifs is 1. The number of hydrogen-bond donors (Lipinski definition) is 1. The normalized spacial score (nSPS) is 29.1. The molecule has 0 aromatic rings. The van der Waals surface area contributed by atoms with Crippen molar-refractivity contribution < 1.29 is 9.59 Å². The highest BCUT2D eigenvalue weighted by Gasteiger charge is 2.47. The molecule has 2 aliphatic heterocycles. The van der Waals surface area contributed by atoms with Gasteiger partial charge in [0.2, 0.25) is 5.91 Å². The van der Waals surface area contributed by atoms with E-state index in [0.29, 0.717) is 5.82 Å². The van der Waals surface area contributed by atoms with Crippen LogP contribution in [0.25, 0.3) is 0 Å². The summed E-state index contributed by atoms with van der Waals surface area (Å²) in [5, 5.41) is 2.78. The fourth-order valence-electron chi connectivity index (χ4n) is 2.45. The van der Waals surface area contributed by atoms with Crippen LogP contribution in [-0.2, 0) is 9.59 Å². The lowest BCUT2D eigenvalue weighted by molar-refractivity contribution is -0.120. The summed E-state index contributed by atoms with van der Waals surface area (Å²) in [6, 6.07) is 0.111. The molecule has 0 aliphatic carbocycles. The van der Waals surface area contributed by atoms with Gasteiger partial charge in [0.05, 0.1) is 0 Å². The molecule has 0 bridgehead atoms. The topological polar surface area (TPSA) is 49.4 Å². The lowest BCUT2D eigenvalue weighted by Crippen LogP contribution is -2.47. The van der Waals surface area contributed by atoms with Crippen molar-refractivity contribution >= 4 is 11.7 Å². The molecule has 0 unspecified atom stereocenters. The number of carbonyl (C=O) groups is 2. The zero-order valence-electron chi connectivity index (χ0n) is 11.2. The monoisotopic (exact) mass is 246 g/mol. The van der Waals surface area contributed by atoms with Crippen LogP contribution in [0.4, 0.5) is 0 Å². The number of rotatable bonds is 2. The standard InChI is InChI=1S/C14H18N2O2/c1-9(2)7-13(18)15-12-8-11(17)14(4)6-5-10(3)16(12)14/h5-8,10H,1-4H3,(H,15,18)/t10-,14-/m0/s1. The number of nitrogens with zero attached hydrogens (tertiary/aromatic N) is 1. The molecule has 2 aliphatic rings. The van der Waals surface area contributed by atoms with Gasteiger partial charge in [0.1, 0.15) is 11.4 Å². The summed E-state index contributed by atoms with van der Waals surface area (Å²) in [5.41, 5.74) is 0.292. The minimum Gasteiger partial charge on any atom is -0.335 e. The van der Waals surface area contributed by atoms with Gasteiger partial charge in [0, 0.05) is 18.2 Å². The van der Waals surface area contributed by atoms with Crippen LogP contribution in [0.2, 0.25) is 0 Å². The average molecular weight is 246 g/mol. The van der Waals surface area contributed by atoms with Crippen LogP contribution in [-0.4, -0.2) is 28.2 Å². The maximum absolute atomic E-state index is 12.0. The highest BCUT2D eigenvalue weighted by molar-refractivity contribution is 6.04. The Balaban J connectivity index is 2.21. The van der Waals surface area contributed by atoms with Gasteiger partial charge >= 0.3 is 0 Å². The summed E-state index contributed by atoms with van der Waals surface area (Å²) in [4.78, 5) is 25.7. The molecule has 0 saturated heterocycles. The molecule has 1 amide bonds. The summed E-state index contributed by atoms with van der Waals surface area (Å²) in [7, 11) is 0. The molecule has 0 aromatic heterocycles. The quantitative estimate of drug-likeness (QED) is 0.593.